The molecule has 0 N–H and O–H groups in total. The van der Waals surface area contributed by atoms with Gasteiger partial charge in [-0.15, -0.1) is 11.8 Å². The average Bonchev–Trinajstić information content (AvgIpc) is 2.42. The number of carbonyl (C=O) groups excluding carboxylic acids is 1. The highest BCUT2D eigenvalue weighted by Gasteiger charge is 2.10. The molecule has 2 aromatic rings. The molecule has 0 aromatic heterocycles. The molecule has 0 fully saturated rings. The van der Waals surface area contributed by atoms with Crippen molar-refractivity contribution in [1.29, 1.82) is 0 Å². The SMILES string of the molecule is Cc1cccc(SCC(=O)Cc2cccc(Cl)c2Cl)c1. The molecule has 0 saturated heterocycles. The minimum atomic E-state index is 0.140. The quantitative estimate of drug-likeness (QED) is 0.702. The molecule has 20 heavy (non-hydrogen) atoms. The summed E-state index contributed by atoms with van der Waals surface area (Å²) in [5, 5.41) is 0.964. The lowest BCUT2D eigenvalue weighted by atomic mass is 10.1. The minimum absolute atomic E-state index is 0.140. The second-order valence-corrected chi connectivity index (χ2v) is 6.37. The van der Waals surface area contributed by atoms with E-state index in [4.69, 9.17) is 23.2 Å². The highest BCUT2D eigenvalue weighted by Crippen LogP contribution is 2.26. The van der Waals surface area contributed by atoms with Crippen molar-refractivity contribution in [3.05, 3.63) is 63.6 Å². The predicted molar refractivity (Wildman–Crippen MR) is 87.1 cm³/mol. The van der Waals surface area contributed by atoms with Crippen molar-refractivity contribution < 1.29 is 4.79 Å². The van der Waals surface area contributed by atoms with E-state index in [0.717, 1.165) is 10.5 Å². The van der Waals surface area contributed by atoms with E-state index in [-0.39, 0.29) is 5.78 Å². The van der Waals surface area contributed by atoms with Gasteiger partial charge in [0.2, 0.25) is 0 Å². The summed E-state index contributed by atoms with van der Waals surface area (Å²) in [6, 6.07) is 13.5. The average molecular weight is 325 g/mol. The third-order valence-electron chi connectivity index (χ3n) is 2.81. The van der Waals surface area contributed by atoms with Crippen molar-refractivity contribution in [2.45, 2.75) is 18.2 Å². The highest BCUT2D eigenvalue weighted by molar-refractivity contribution is 8.00. The zero-order valence-electron chi connectivity index (χ0n) is 11.0. The van der Waals surface area contributed by atoms with Crippen molar-refractivity contribution in [3.8, 4) is 0 Å². The van der Waals surface area contributed by atoms with Gasteiger partial charge in [-0.25, -0.2) is 0 Å². The van der Waals surface area contributed by atoms with Gasteiger partial charge in [0, 0.05) is 11.3 Å². The standard InChI is InChI=1S/C16H14Cl2OS/c1-11-4-2-6-14(8-11)20-10-13(19)9-12-5-3-7-15(17)16(12)18/h2-8H,9-10H2,1H3. The van der Waals surface area contributed by atoms with Crippen LogP contribution in [0.2, 0.25) is 10.0 Å². The van der Waals surface area contributed by atoms with Gasteiger partial charge in [-0.3, -0.25) is 4.79 Å². The number of Topliss-reactive ketones (excluding diaryl/α,β-unsaturated/α-hetero) is 1. The summed E-state index contributed by atoms with van der Waals surface area (Å²) < 4.78 is 0. The molecule has 0 bridgehead atoms. The molecule has 2 rings (SSSR count). The Labute approximate surface area is 133 Å². The van der Waals surface area contributed by atoms with Gasteiger partial charge in [0.1, 0.15) is 5.78 Å². The highest BCUT2D eigenvalue weighted by atomic mass is 35.5. The monoisotopic (exact) mass is 324 g/mol. The normalized spacial score (nSPS) is 10.6. The molecule has 0 unspecified atom stereocenters. The Morgan fingerprint density at radius 3 is 2.65 bits per heavy atom. The molecule has 1 nitrogen and oxygen atoms in total. The third-order valence-corrected chi connectivity index (χ3v) is 4.72. The Morgan fingerprint density at radius 2 is 1.90 bits per heavy atom. The third kappa shape index (κ3) is 4.27. The Morgan fingerprint density at radius 1 is 1.15 bits per heavy atom. The summed E-state index contributed by atoms with van der Waals surface area (Å²) >= 11 is 13.6. The van der Waals surface area contributed by atoms with Crippen LogP contribution in [0.4, 0.5) is 0 Å². The lowest BCUT2D eigenvalue weighted by molar-refractivity contribution is -0.116. The van der Waals surface area contributed by atoms with Gasteiger partial charge in [0.15, 0.2) is 0 Å². The van der Waals surface area contributed by atoms with Gasteiger partial charge in [-0.1, -0.05) is 53.0 Å². The van der Waals surface area contributed by atoms with Crippen LogP contribution >= 0.6 is 35.0 Å². The van der Waals surface area contributed by atoms with Crippen LogP contribution in [0.5, 0.6) is 0 Å². The largest absolute Gasteiger partial charge is 0.298 e. The van der Waals surface area contributed by atoms with Crippen LogP contribution in [-0.2, 0) is 11.2 Å². The topological polar surface area (TPSA) is 17.1 Å². The summed E-state index contributed by atoms with van der Waals surface area (Å²) in [7, 11) is 0. The van der Waals surface area contributed by atoms with Gasteiger partial charge < -0.3 is 0 Å². The van der Waals surface area contributed by atoms with Crippen LogP contribution < -0.4 is 0 Å². The smallest absolute Gasteiger partial charge is 0.147 e. The van der Waals surface area contributed by atoms with Crippen LogP contribution in [-0.4, -0.2) is 11.5 Å². The first-order valence-electron chi connectivity index (χ1n) is 6.20. The second-order valence-electron chi connectivity index (χ2n) is 4.53. The molecule has 0 aliphatic carbocycles. The molecule has 0 atom stereocenters. The van der Waals surface area contributed by atoms with E-state index < -0.39 is 0 Å². The maximum atomic E-state index is 12.0. The number of hydrogen-bond donors (Lipinski definition) is 0. The molecule has 0 aliphatic rings. The predicted octanol–water partition coefficient (Wildman–Crippen LogP) is 5.21. The van der Waals surface area contributed by atoms with Crippen molar-refractivity contribution >= 4 is 40.7 Å². The number of rotatable bonds is 5. The number of hydrogen-bond acceptors (Lipinski definition) is 2. The van der Waals surface area contributed by atoms with Crippen molar-refractivity contribution in [2.75, 3.05) is 5.75 Å². The van der Waals surface area contributed by atoms with Crippen molar-refractivity contribution in [3.63, 3.8) is 0 Å². The number of halogens is 2. The van der Waals surface area contributed by atoms with Crippen molar-refractivity contribution in [2.24, 2.45) is 0 Å². The number of benzene rings is 2. The van der Waals surface area contributed by atoms with Crippen LogP contribution in [0.15, 0.2) is 47.4 Å². The maximum Gasteiger partial charge on any atom is 0.147 e. The van der Waals surface area contributed by atoms with Gasteiger partial charge in [0.05, 0.1) is 15.8 Å². The van der Waals surface area contributed by atoms with Gasteiger partial charge in [-0.2, -0.15) is 0 Å². The maximum absolute atomic E-state index is 12.0. The number of aryl methyl sites for hydroxylation is 1. The summed E-state index contributed by atoms with van der Waals surface area (Å²) in [5.74, 6) is 0.576. The molecule has 4 heteroatoms. The minimum Gasteiger partial charge on any atom is -0.298 e. The van der Waals surface area contributed by atoms with E-state index in [2.05, 4.69) is 6.07 Å². The lowest BCUT2D eigenvalue weighted by Gasteiger charge is -2.05. The van der Waals surface area contributed by atoms with Crippen LogP contribution in [0, 0.1) is 6.92 Å². The molecular formula is C16H14Cl2OS. The molecule has 0 aliphatic heterocycles. The Bertz CT molecular complexity index is 626. The summed E-state index contributed by atoms with van der Waals surface area (Å²) in [6.45, 7) is 2.04. The zero-order chi connectivity index (χ0) is 14.5. The molecule has 0 spiro atoms. The molecule has 2 aromatic carbocycles. The first kappa shape index (κ1) is 15.4. The molecule has 0 saturated carbocycles. The summed E-state index contributed by atoms with van der Waals surface area (Å²) in [5.41, 5.74) is 1.98. The molecule has 0 radical (unpaired) electrons. The first-order chi connectivity index (χ1) is 9.56. The van der Waals surface area contributed by atoms with E-state index >= 15 is 0 Å². The summed E-state index contributed by atoms with van der Waals surface area (Å²) in [6.07, 6.45) is 0.318. The fourth-order valence-corrected chi connectivity index (χ4v) is 3.08. The fourth-order valence-electron chi connectivity index (χ4n) is 1.82. The van der Waals surface area contributed by atoms with E-state index in [9.17, 15) is 4.79 Å². The molecular weight excluding hydrogens is 311 g/mol. The van der Waals surface area contributed by atoms with Crippen LogP contribution in [0.25, 0.3) is 0 Å². The lowest BCUT2D eigenvalue weighted by Crippen LogP contribution is -2.06. The van der Waals surface area contributed by atoms with Gasteiger partial charge >= 0.3 is 0 Å². The second kappa shape index (κ2) is 7.16. The first-order valence-corrected chi connectivity index (χ1v) is 7.94. The molecule has 0 heterocycles. The number of carbonyl (C=O) groups is 1. The van der Waals surface area contributed by atoms with E-state index in [0.29, 0.717) is 22.2 Å². The van der Waals surface area contributed by atoms with Crippen molar-refractivity contribution in [1.82, 2.24) is 0 Å². The Kier molecular flexibility index (Phi) is 5.53. The molecule has 0 amide bonds. The molecule has 104 valence electrons. The Balaban J connectivity index is 1.94. The fraction of sp³-hybridized carbons (Fsp3) is 0.188. The van der Waals surface area contributed by atoms with E-state index in [1.165, 1.54) is 5.56 Å². The summed E-state index contributed by atoms with van der Waals surface area (Å²) in [4.78, 5) is 13.1. The number of thioether (sulfide) groups is 1. The van der Waals surface area contributed by atoms with Gasteiger partial charge in [-0.05, 0) is 30.7 Å². The van der Waals surface area contributed by atoms with Crippen LogP contribution in [0.3, 0.4) is 0 Å². The zero-order valence-corrected chi connectivity index (χ0v) is 13.4. The van der Waals surface area contributed by atoms with E-state index in [1.54, 1.807) is 17.8 Å². The van der Waals surface area contributed by atoms with E-state index in [1.807, 2.05) is 37.3 Å². The van der Waals surface area contributed by atoms with Gasteiger partial charge in [0.25, 0.3) is 0 Å². The Hall–Kier alpha value is -0.960. The van der Waals surface area contributed by atoms with Crippen LogP contribution in [0.1, 0.15) is 11.1 Å². The number of ketones is 1.